The molecule has 2 rings (SSSR count). The minimum Gasteiger partial charge on any atom is -0.319 e. The van der Waals surface area contributed by atoms with Crippen molar-refractivity contribution in [3.63, 3.8) is 0 Å². The minimum absolute atomic E-state index is 0.0922. The highest BCUT2D eigenvalue weighted by Gasteiger charge is 2.36. The second-order valence-electron chi connectivity index (χ2n) is 3.35. The molecule has 1 aliphatic heterocycles. The monoisotopic (exact) mass is 268 g/mol. The van der Waals surface area contributed by atoms with Gasteiger partial charge in [0.15, 0.2) is 0 Å². The van der Waals surface area contributed by atoms with Crippen LogP contribution in [0.15, 0.2) is 28.7 Å². The molecule has 1 aromatic rings. The van der Waals surface area contributed by atoms with Gasteiger partial charge in [0.25, 0.3) is 5.91 Å². The summed E-state index contributed by atoms with van der Waals surface area (Å²) >= 11 is 3.28. The van der Waals surface area contributed by atoms with E-state index in [0.29, 0.717) is 5.69 Å². The summed E-state index contributed by atoms with van der Waals surface area (Å²) in [7, 11) is 0. The number of hydrogen-bond acceptors (Lipinski definition) is 3. The zero-order chi connectivity index (χ0) is 11.0. The third-order valence-electron chi connectivity index (χ3n) is 2.27. The number of nitrogens with two attached hydrogens (primary N) is 1. The molecule has 0 saturated carbocycles. The summed E-state index contributed by atoms with van der Waals surface area (Å²) in [4.78, 5) is 24.2. The predicted molar refractivity (Wildman–Crippen MR) is 59.2 cm³/mol. The number of anilines is 1. The van der Waals surface area contributed by atoms with Crippen LogP contribution in [-0.4, -0.2) is 17.9 Å². The SMILES string of the molecule is N[C@H]1CC(=O)N(c2ccc(Br)cc2)C1=O. The van der Waals surface area contributed by atoms with Gasteiger partial charge in [-0.05, 0) is 24.3 Å². The number of amides is 2. The quantitative estimate of drug-likeness (QED) is 0.775. The first-order valence-corrected chi connectivity index (χ1v) is 5.27. The van der Waals surface area contributed by atoms with Crippen LogP contribution in [0.1, 0.15) is 6.42 Å². The molecule has 1 aromatic carbocycles. The molecule has 1 fully saturated rings. The third kappa shape index (κ3) is 1.80. The molecule has 1 saturated heterocycles. The van der Waals surface area contributed by atoms with Gasteiger partial charge in [-0.3, -0.25) is 9.59 Å². The standard InChI is InChI=1S/C10H9BrN2O2/c11-6-1-3-7(4-2-6)13-9(14)5-8(12)10(13)15/h1-4,8H,5,12H2/t8-/m0/s1. The molecule has 0 bridgehead atoms. The van der Waals surface area contributed by atoms with Crippen molar-refractivity contribution in [2.45, 2.75) is 12.5 Å². The molecule has 0 spiro atoms. The van der Waals surface area contributed by atoms with E-state index in [1.165, 1.54) is 0 Å². The van der Waals surface area contributed by atoms with Crippen LogP contribution in [-0.2, 0) is 9.59 Å². The summed E-state index contributed by atoms with van der Waals surface area (Å²) in [5.74, 6) is -0.572. The van der Waals surface area contributed by atoms with E-state index in [0.717, 1.165) is 9.37 Å². The van der Waals surface area contributed by atoms with Crippen LogP contribution in [0.3, 0.4) is 0 Å². The smallest absolute Gasteiger partial charge is 0.251 e. The normalized spacial score (nSPS) is 21.2. The summed E-state index contributed by atoms with van der Waals surface area (Å²) in [5, 5.41) is 0. The lowest BCUT2D eigenvalue weighted by molar-refractivity contribution is -0.121. The summed E-state index contributed by atoms with van der Waals surface area (Å²) in [6.07, 6.45) is 0.0922. The van der Waals surface area contributed by atoms with Crippen LogP contribution in [0.2, 0.25) is 0 Å². The van der Waals surface area contributed by atoms with E-state index in [-0.39, 0.29) is 18.2 Å². The third-order valence-corrected chi connectivity index (χ3v) is 2.80. The van der Waals surface area contributed by atoms with Crippen molar-refractivity contribution in [1.82, 2.24) is 0 Å². The zero-order valence-corrected chi connectivity index (χ0v) is 9.40. The molecule has 15 heavy (non-hydrogen) atoms. The fourth-order valence-corrected chi connectivity index (χ4v) is 1.78. The molecule has 1 aliphatic rings. The first-order valence-electron chi connectivity index (χ1n) is 4.47. The van der Waals surface area contributed by atoms with Gasteiger partial charge in [-0.25, -0.2) is 4.90 Å². The Morgan fingerprint density at radius 1 is 1.27 bits per heavy atom. The first kappa shape index (κ1) is 10.3. The van der Waals surface area contributed by atoms with E-state index in [1.807, 2.05) is 0 Å². The largest absolute Gasteiger partial charge is 0.319 e. The number of carbonyl (C=O) groups is 2. The van der Waals surface area contributed by atoms with Crippen LogP contribution in [0.25, 0.3) is 0 Å². The summed E-state index contributed by atoms with van der Waals surface area (Å²) in [6.45, 7) is 0. The molecular formula is C10H9BrN2O2. The van der Waals surface area contributed by atoms with Gasteiger partial charge in [0, 0.05) is 4.47 Å². The maximum Gasteiger partial charge on any atom is 0.251 e. The molecule has 0 aromatic heterocycles. The van der Waals surface area contributed by atoms with Crippen molar-refractivity contribution < 1.29 is 9.59 Å². The number of benzene rings is 1. The Labute approximate surface area is 95.2 Å². The van der Waals surface area contributed by atoms with E-state index in [9.17, 15) is 9.59 Å². The van der Waals surface area contributed by atoms with Gasteiger partial charge in [-0.15, -0.1) is 0 Å². The number of hydrogen-bond donors (Lipinski definition) is 1. The molecule has 5 heteroatoms. The highest BCUT2D eigenvalue weighted by Crippen LogP contribution is 2.23. The molecule has 0 unspecified atom stereocenters. The van der Waals surface area contributed by atoms with Crippen LogP contribution < -0.4 is 10.6 Å². The van der Waals surface area contributed by atoms with E-state index in [2.05, 4.69) is 15.9 Å². The van der Waals surface area contributed by atoms with Crippen LogP contribution in [0.4, 0.5) is 5.69 Å². The van der Waals surface area contributed by atoms with Gasteiger partial charge < -0.3 is 5.73 Å². The maximum absolute atomic E-state index is 11.6. The Morgan fingerprint density at radius 2 is 1.87 bits per heavy atom. The Bertz CT molecular complexity index is 416. The molecular weight excluding hydrogens is 260 g/mol. The van der Waals surface area contributed by atoms with E-state index < -0.39 is 6.04 Å². The number of imide groups is 1. The van der Waals surface area contributed by atoms with Crippen LogP contribution >= 0.6 is 15.9 Å². The first-order chi connectivity index (χ1) is 7.09. The summed E-state index contributed by atoms with van der Waals surface area (Å²) in [5.41, 5.74) is 6.08. The minimum atomic E-state index is -0.693. The average molecular weight is 269 g/mol. The molecule has 2 N–H and O–H groups in total. The Morgan fingerprint density at radius 3 is 2.33 bits per heavy atom. The average Bonchev–Trinajstić information content (AvgIpc) is 2.44. The molecule has 0 radical (unpaired) electrons. The molecule has 78 valence electrons. The second-order valence-corrected chi connectivity index (χ2v) is 4.27. The lowest BCUT2D eigenvalue weighted by Crippen LogP contribution is -2.35. The van der Waals surface area contributed by atoms with Crippen molar-refractivity contribution in [3.05, 3.63) is 28.7 Å². The highest BCUT2D eigenvalue weighted by atomic mass is 79.9. The van der Waals surface area contributed by atoms with Crippen molar-refractivity contribution >= 4 is 33.4 Å². The number of halogens is 1. The fourth-order valence-electron chi connectivity index (χ4n) is 1.52. The number of rotatable bonds is 1. The van der Waals surface area contributed by atoms with Crippen molar-refractivity contribution in [1.29, 1.82) is 0 Å². The summed E-state index contributed by atoms with van der Waals surface area (Å²) < 4.78 is 0.898. The lowest BCUT2D eigenvalue weighted by atomic mass is 10.3. The Kier molecular flexibility index (Phi) is 2.58. The maximum atomic E-state index is 11.6. The summed E-state index contributed by atoms with van der Waals surface area (Å²) in [6, 6.07) is 6.27. The van der Waals surface area contributed by atoms with Gasteiger partial charge >= 0.3 is 0 Å². The molecule has 1 atom stereocenters. The van der Waals surface area contributed by atoms with E-state index >= 15 is 0 Å². The van der Waals surface area contributed by atoms with Crippen molar-refractivity contribution in [3.8, 4) is 0 Å². The van der Waals surface area contributed by atoms with Gasteiger partial charge in [0.05, 0.1) is 18.2 Å². The fraction of sp³-hybridized carbons (Fsp3) is 0.200. The lowest BCUT2D eigenvalue weighted by Gasteiger charge is -2.13. The predicted octanol–water partition coefficient (Wildman–Crippen LogP) is 1.04. The Hall–Kier alpha value is -1.20. The molecule has 0 aliphatic carbocycles. The number of carbonyl (C=O) groups excluding carboxylic acids is 2. The van der Waals surface area contributed by atoms with Gasteiger partial charge in [0.1, 0.15) is 0 Å². The molecule has 1 heterocycles. The van der Waals surface area contributed by atoms with Crippen LogP contribution in [0, 0.1) is 0 Å². The zero-order valence-electron chi connectivity index (χ0n) is 7.81. The number of nitrogens with zero attached hydrogens (tertiary/aromatic N) is 1. The van der Waals surface area contributed by atoms with Crippen molar-refractivity contribution in [2.24, 2.45) is 5.73 Å². The molecule has 4 nitrogen and oxygen atoms in total. The van der Waals surface area contributed by atoms with Gasteiger partial charge in [0.2, 0.25) is 5.91 Å². The van der Waals surface area contributed by atoms with Crippen molar-refractivity contribution in [2.75, 3.05) is 4.90 Å². The Balaban J connectivity index is 2.35. The highest BCUT2D eigenvalue weighted by molar-refractivity contribution is 9.10. The molecule has 2 amide bonds. The van der Waals surface area contributed by atoms with Gasteiger partial charge in [-0.1, -0.05) is 15.9 Å². The van der Waals surface area contributed by atoms with Gasteiger partial charge in [-0.2, -0.15) is 0 Å². The van der Waals surface area contributed by atoms with Crippen LogP contribution in [0.5, 0.6) is 0 Å². The van der Waals surface area contributed by atoms with E-state index in [1.54, 1.807) is 24.3 Å². The van der Waals surface area contributed by atoms with E-state index in [4.69, 9.17) is 5.73 Å². The topological polar surface area (TPSA) is 63.4 Å². The second kappa shape index (κ2) is 3.75.